The Labute approximate surface area is 115 Å². The number of amides is 1. The summed E-state index contributed by atoms with van der Waals surface area (Å²) in [5.74, 6) is 0. The fourth-order valence-corrected chi connectivity index (χ4v) is 1.54. The number of carbonyl (C=O) groups is 1. The molecule has 0 saturated carbocycles. The van der Waals surface area contributed by atoms with Crippen molar-refractivity contribution in [3.05, 3.63) is 29.8 Å². The molecule has 4 heteroatoms. The van der Waals surface area contributed by atoms with Crippen molar-refractivity contribution >= 4 is 11.8 Å². The van der Waals surface area contributed by atoms with E-state index in [0.29, 0.717) is 0 Å². The van der Waals surface area contributed by atoms with E-state index >= 15 is 0 Å². The summed E-state index contributed by atoms with van der Waals surface area (Å²) < 4.78 is 5.19. The van der Waals surface area contributed by atoms with Crippen molar-refractivity contribution in [2.75, 3.05) is 11.9 Å². The number of nitrogens with one attached hydrogen (secondary N) is 2. The molecule has 2 N–H and O–H groups in total. The maximum Gasteiger partial charge on any atom is 0.412 e. The van der Waals surface area contributed by atoms with Gasteiger partial charge in [-0.15, -0.1) is 0 Å². The summed E-state index contributed by atoms with van der Waals surface area (Å²) in [6.45, 7) is 9.53. The lowest BCUT2D eigenvalue weighted by molar-refractivity contribution is 0.0636. The minimum Gasteiger partial charge on any atom is -0.444 e. The molecular weight excluding hydrogens is 240 g/mol. The van der Waals surface area contributed by atoms with Gasteiger partial charge in [0.2, 0.25) is 0 Å². The minimum absolute atomic E-state index is 0.427. The lowest BCUT2D eigenvalue weighted by atomic mass is 10.2. The van der Waals surface area contributed by atoms with Gasteiger partial charge in [0.05, 0.1) is 0 Å². The summed E-state index contributed by atoms with van der Waals surface area (Å²) in [7, 11) is 0. The molecule has 1 aromatic rings. The fraction of sp³-hybridized carbons (Fsp3) is 0.533. The second kappa shape index (κ2) is 7.14. The number of hydrogen-bond donors (Lipinski definition) is 2. The predicted octanol–water partition coefficient (Wildman–Crippen LogP) is 3.53. The number of benzene rings is 1. The molecule has 19 heavy (non-hydrogen) atoms. The first-order chi connectivity index (χ1) is 8.90. The molecule has 0 atom stereocenters. The summed E-state index contributed by atoms with van der Waals surface area (Å²) in [6, 6.07) is 7.75. The summed E-state index contributed by atoms with van der Waals surface area (Å²) in [6.07, 6.45) is 0.697. The van der Waals surface area contributed by atoms with Gasteiger partial charge in [0.25, 0.3) is 0 Å². The van der Waals surface area contributed by atoms with Crippen LogP contribution in [-0.2, 0) is 11.3 Å². The second-order valence-corrected chi connectivity index (χ2v) is 5.50. The van der Waals surface area contributed by atoms with Crippen LogP contribution in [0.3, 0.4) is 0 Å². The highest BCUT2D eigenvalue weighted by Crippen LogP contribution is 2.12. The van der Waals surface area contributed by atoms with Crippen molar-refractivity contribution in [1.29, 1.82) is 0 Å². The molecule has 0 radical (unpaired) electrons. The number of carbonyl (C=O) groups excluding carboxylic acids is 1. The zero-order chi connectivity index (χ0) is 14.3. The molecule has 106 valence electrons. The van der Waals surface area contributed by atoms with Gasteiger partial charge in [-0.05, 0) is 51.4 Å². The van der Waals surface area contributed by atoms with E-state index in [4.69, 9.17) is 4.74 Å². The van der Waals surface area contributed by atoms with E-state index in [9.17, 15) is 4.79 Å². The molecule has 0 bridgehead atoms. The highest BCUT2D eigenvalue weighted by molar-refractivity contribution is 5.84. The third kappa shape index (κ3) is 6.82. The molecule has 0 saturated heterocycles. The Hall–Kier alpha value is -1.55. The van der Waals surface area contributed by atoms with Crippen LogP contribution in [-0.4, -0.2) is 18.2 Å². The molecule has 1 amide bonds. The first kappa shape index (κ1) is 15.5. The van der Waals surface area contributed by atoms with Crippen molar-refractivity contribution in [3.63, 3.8) is 0 Å². The highest BCUT2D eigenvalue weighted by atomic mass is 16.6. The van der Waals surface area contributed by atoms with E-state index < -0.39 is 11.7 Å². The van der Waals surface area contributed by atoms with Gasteiger partial charge in [-0.25, -0.2) is 4.79 Å². The van der Waals surface area contributed by atoms with Crippen LogP contribution in [0.2, 0.25) is 0 Å². The Morgan fingerprint density at radius 1 is 1.21 bits per heavy atom. The average molecular weight is 264 g/mol. The van der Waals surface area contributed by atoms with Gasteiger partial charge < -0.3 is 10.1 Å². The van der Waals surface area contributed by atoms with Crippen molar-refractivity contribution in [2.24, 2.45) is 0 Å². The summed E-state index contributed by atoms with van der Waals surface area (Å²) in [5, 5.41) is 6.04. The average Bonchev–Trinajstić information content (AvgIpc) is 2.29. The van der Waals surface area contributed by atoms with Crippen LogP contribution in [0.15, 0.2) is 24.3 Å². The Balaban J connectivity index is 2.45. The number of ether oxygens (including phenoxy) is 1. The van der Waals surface area contributed by atoms with E-state index in [1.807, 2.05) is 45.0 Å². The number of anilines is 1. The van der Waals surface area contributed by atoms with E-state index in [0.717, 1.165) is 25.2 Å². The van der Waals surface area contributed by atoms with Crippen LogP contribution in [0.4, 0.5) is 10.5 Å². The molecule has 0 aliphatic rings. The first-order valence-corrected chi connectivity index (χ1v) is 6.70. The van der Waals surface area contributed by atoms with E-state index in [1.54, 1.807) is 0 Å². The summed E-state index contributed by atoms with van der Waals surface area (Å²) >= 11 is 0. The normalized spacial score (nSPS) is 11.2. The zero-order valence-electron chi connectivity index (χ0n) is 12.2. The molecule has 1 rings (SSSR count). The molecule has 0 heterocycles. The fourth-order valence-electron chi connectivity index (χ4n) is 1.54. The van der Waals surface area contributed by atoms with E-state index in [-0.39, 0.29) is 0 Å². The highest BCUT2D eigenvalue weighted by Gasteiger charge is 2.15. The molecule has 0 spiro atoms. The zero-order valence-corrected chi connectivity index (χ0v) is 12.2. The molecule has 0 aromatic heterocycles. The van der Waals surface area contributed by atoms with Crippen molar-refractivity contribution in [3.8, 4) is 0 Å². The largest absolute Gasteiger partial charge is 0.444 e. The van der Waals surface area contributed by atoms with E-state index in [2.05, 4.69) is 17.6 Å². The molecule has 0 aliphatic carbocycles. The van der Waals surface area contributed by atoms with Gasteiger partial charge in [0.1, 0.15) is 5.60 Å². The predicted molar refractivity (Wildman–Crippen MR) is 78.3 cm³/mol. The van der Waals surface area contributed by atoms with Crippen LogP contribution in [0.25, 0.3) is 0 Å². The molecule has 1 aromatic carbocycles. The number of rotatable bonds is 5. The minimum atomic E-state index is -0.478. The quantitative estimate of drug-likeness (QED) is 0.800. The second-order valence-electron chi connectivity index (χ2n) is 5.50. The third-order valence-corrected chi connectivity index (χ3v) is 2.36. The van der Waals surface area contributed by atoms with Crippen LogP contribution >= 0.6 is 0 Å². The van der Waals surface area contributed by atoms with Gasteiger partial charge in [0, 0.05) is 12.2 Å². The monoisotopic (exact) mass is 264 g/mol. The molecule has 0 aliphatic heterocycles. The smallest absolute Gasteiger partial charge is 0.412 e. The van der Waals surface area contributed by atoms with Gasteiger partial charge in [-0.1, -0.05) is 19.1 Å². The molecule has 4 nitrogen and oxygen atoms in total. The summed E-state index contributed by atoms with van der Waals surface area (Å²) in [4.78, 5) is 11.6. The van der Waals surface area contributed by atoms with Crippen LogP contribution in [0.1, 0.15) is 39.7 Å². The Bertz CT molecular complexity index is 394. The topological polar surface area (TPSA) is 50.4 Å². The number of hydrogen-bond acceptors (Lipinski definition) is 3. The molecule has 0 unspecified atom stereocenters. The van der Waals surface area contributed by atoms with E-state index in [1.165, 1.54) is 5.56 Å². The van der Waals surface area contributed by atoms with Crippen molar-refractivity contribution in [2.45, 2.75) is 46.3 Å². The summed E-state index contributed by atoms with van der Waals surface area (Å²) in [5.41, 5.74) is 1.46. The van der Waals surface area contributed by atoms with Crippen molar-refractivity contribution in [1.82, 2.24) is 5.32 Å². The lowest BCUT2D eigenvalue weighted by Gasteiger charge is -2.19. The van der Waals surface area contributed by atoms with Crippen LogP contribution in [0.5, 0.6) is 0 Å². The maximum atomic E-state index is 11.6. The van der Waals surface area contributed by atoms with Crippen LogP contribution in [0, 0.1) is 0 Å². The lowest BCUT2D eigenvalue weighted by Crippen LogP contribution is -2.27. The van der Waals surface area contributed by atoms with Crippen LogP contribution < -0.4 is 10.6 Å². The first-order valence-electron chi connectivity index (χ1n) is 6.70. The van der Waals surface area contributed by atoms with Crippen molar-refractivity contribution < 1.29 is 9.53 Å². The standard InChI is InChI=1S/C15H24N2O2/c1-5-10-16-11-12-6-8-13(9-7-12)17-14(18)19-15(2,3)4/h6-9,16H,5,10-11H2,1-4H3,(H,17,18). The third-order valence-electron chi connectivity index (χ3n) is 2.36. The van der Waals surface area contributed by atoms with Gasteiger partial charge >= 0.3 is 6.09 Å². The SMILES string of the molecule is CCCNCc1ccc(NC(=O)OC(C)(C)C)cc1. The van der Waals surface area contributed by atoms with Gasteiger partial charge in [-0.2, -0.15) is 0 Å². The van der Waals surface area contributed by atoms with Gasteiger partial charge in [0.15, 0.2) is 0 Å². The maximum absolute atomic E-state index is 11.6. The Morgan fingerprint density at radius 2 is 1.84 bits per heavy atom. The molecular formula is C15H24N2O2. The Morgan fingerprint density at radius 3 is 2.37 bits per heavy atom. The Kier molecular flexibility index (Phi) is 5.83. The molecule has 0 fully saturated rings. The van der Waals surface area contributed by atoms with Gasteiger partial charge in [-0.3, -0.25) is 5.32 Å².